The Kier molecular flexibility index (Phi) is 2.66. The Balaban J connectivity index is 2.75. The predicted octanol–water partition coefficient (Wildman–Crippen LogP) is 4.94. The van der Waals surface area contributed by atoms with Crippen LogP contribution in [0.15, 0.2) is 23.6 Å². The summed E-state index contributed by atoms with van der Waals surface area (Å²) in [6, 6.07) is 4.63. The van der Waals surface area contributed by atoms with E-state index in [2.05, 4.69) is 51.3 Å². The Morgan fingerprint density at radius 2 is 1.93 bits per heavy atom. The van der Waals surface area contributed by atoms with Gasteiger partial charge in [-0.1, -0.05) is 6.08 Å². The highest BCUT2D eigenvalue weighted by atomic mass is 32.1. The molecule has 2 aromatic rings. The Bertz CT molecular complexity index is 530. The second kappa shape index (κ2) is 3.82. The van der Waals surface area contributed by atoms with Gasteiger partial charge in [-0.05, 0) is 72.9 Å². The van der Waals surface area contributed by atoms with Crippen molar-refractivity contribution in [1.29, 1.82) is 0 Å². The van der Waals surface area contributed by atoms with Gasteiger partial charge >= 0.3 is 0 Å². The zero-order chi connectivity index (χ0) is 11.0. The number of rotatable bonds is 1. The normalized spacial score (nSPS) is 12.4. The number of allylic oxidation sites excluding steroid dienone is 2. The molecule has 0 saturated heterocycles. The number of fused-ring (bicyclic) bond motifs is 1. The van der Waals surface area contributed by atoms with Crippen LogP contribution in [0.25, 0.3) is 15.7 Å². The van der Waals surface area contributed by atoms with Gasteiger partial charge in [-0.15, -0.1) is 11.3 Å². The van der Waals surface area contributed by atoms with Gasteiger partial charge < -0.3 is 0 Å². The van der Waals surface area contributed by atoms with Gasteiger partial charge in [0, 0.05) is 4.70 Å². The molecule has 1 aromatic heterocycles. The largest absolute Gasteiger partial charge is 0.144 e. The van der Waals surface area contributed by atoms with E-state index >= 15 is 0 Å². The highest BCUT2D eigenvalue weighted by Gasteiger charge is 2.05. The fraction of sp³-hybridized carbons (Fsp3) is 0.286. The Morgan fingerprint density at radius 1 is 1.20 bits per heavy atom. The van der Waals surface area contributed by atoms with E-state index in [1.165, 1.54) is 32.3 Å². The van der Waals surface area contributed by atoms with Gasteiger partial charge in [0.25, 0.3) is 0 Å². The van der Waals surface area contributed by atoms with Crippen molar-refractivity contribution in [1.82, 2.24) is 0 Å². The van der Waals surface area contributed by atoms with Gasteiger partial charge in [-0.3, -0.25) is 0 Å². The van der Waals surface area contributed by atoms with Crippen molar-refractivity contribution in [2.45, 2.75) is 27.7 Å². The Morgan fingerprint density at radius 3 is 2.60 bits per heavy atom. The third-order valence-corrected chi connectivity index (χ3v) is 4.04. The Labute approximate surface area is 95.3 Å². The van der Waals surface area contributed by atoms with Gasteiger partial charge in [-0.25, -0.2) is 0 Å². The van der Waals surface area contributed by atoms with Crippen LogP contribution >= 0.6 is 11.3 Å². The molecular formula is C14H16S. The average Bonchev–Trinajstić information content (AvgIpc) is 2.58. The van der Waals surface area contributed by atoms with Crippen LogP contribution in [0.4, 0.5) is 0 Å². The van der Waals surface area contributed by atoms with Crippen molar-refractivity contribution in [2.75, 3.05) is 0 Å². The van der Waals surface area contributed by atoms with E-state index in [1.54, 1.807) is 0 Å². The number of hydrogen-bond donors (Lipinski definition) is 0. The van der Waals surface area contributed by atoms with Crippen LogP contribution in [-0.2, 0) is 0 Å². The van der Waals surface area contributed by atoms with E-state index in [9.17, 15) is 0 Å². The second-order valence-corrected chi connectivity index (χ2v) is 4.96. The molecule has 0 unspecified atom stereocenters. The molecule has 0 saturated carbocycles. The summed E-state index contributed by atoms with van der Waals surface area (Å²) < 4.78 is 1.40. The monoisotopic (exact) mass is 216 g/mol. The first-order chi connectivity index (χ1) is 7.13. The molecular weight excluding hydrogens is 200 g/mol. The molecule has 0 amide bonds. The molecule has 0 aliphatic carbocycles. The lowest BCUT2D eigenvalue weighted by Gasteiger charge is -2.06. The number of hydrogen-bond acceptors (Lipinski definition) is 1. The summed E-state index contributed by atoms with van der Waals surface area (Å²) in [5.41, 5.74) is 5.51. The van der Waals surface area contributed by atoms with E-state index in [4.69, 9.17) is 0 Å². The SMILES string of the molecule is C/C=C(/C)c1cc2c(C)csc2cc1C. The zero-order valence-electron chi connectivity index (χ0n) is 9.72. The van der Waals surface area contributed by atoms with Crippen LogP contribution in [0, 0.1) is 13.8 Å². The molecule has 1 heteroatoms. The fourth-order valence-electron chi connectivity index (χ4n) is 1.88. The van der Waals surface area contributed by atoms with Crippen molar-refractivity contribution < 1.29 is 0 Å². The zero-order valence-corrected chi connectivity index (χ0v) is 10.5. The average molecular weight is 216 g/mol. The maximum Gasteiger partial charge on any atom is 0.0348 e. The predicted molar refractivity (Wildman–Crippen MR) is 70.6 cm³/mol. The smallest absolute Gasteiger partial charge is 0.0348 e. The molecule has 0 nitrogen and oxygen atoms in total. The van der Waals surface area contributed by atoms with Gasteiger partial charge in [0.1, 0.15) is 0 Å². The summed E-state index contributed by atoms with van der Waals surface area (Å²) >= 11 is 1.84. The molecule has 0 radical (unpaired) electrons. The molecule has 78 valence electrons. The first kappa shape index (κ1) is 10.4. The van der Waals surface area contributed by atoms with Gasteiger partial charge in [0.2, 0.25) is 0 Å². The summed E-state index contributed by atoms with van der Waals surface area (Å²) in [6.07, 6.45) is 2.18. The minimum atomic E-state index is 1.36. The molecule has 0 fully saturated rings. The summed E-state index contributed by atoms with van der Waals surface area (Å²) in [4.78, 5) is 0. The molecule has 0 N–H and O–H groups in total. The van der Waals surface area contributed by atoms with Gasteiger partial charge in [0.05, 0.1) is 0 Å². The van der Waals surface area contributed by atoms with Crippen LogP contribution < -0.4 is 0 Å². The summed E-state index contributed by atoms with van der Waals surface area (Å²) in [5, 5.41) is 3.64. The van der Waals surface area contributed by atoms with E-state index in [-0.39, 0.29) is 0 Å². The van der Waals surface area contributed by atoms with Crippen molar-refractivity contribution in [3.63, 3.8) is 0 Å². The van der Waals surface area contributed by atoms with Crippen molar-refractivity contribution in [2.24, 2.45) is 0 Å². The quantitative estimate of drug-likeness (QED) is 0.633. The van der Waals surface area contributed by atoms with E-state index in [0.717, 1.165) is 0 Å². The number of aryl methyl sites for hydroxylation is 2. The van der Waals surface area contributed by atoms with Crippen LogP contribution in [0.3, 0.4) is 0 Å². The molecule has 1 aromatic carbocycles. The molecule has 0 aliphatic heterocycles. The third-order valence-electron chi connectivity index (χ3n) is 2.97. The Hall–Kier alpha value is -1.08. The van der Waals surface area contributed by atoms with Crippen LogP contribution in [-0.4, -0.2) is 0 Å². The molecule has 1 heterocycles. The first-order valence-electron chi connectivity index (χ1n) is 5.25. The van der Waals surface area contributed by atoms with E-state index in [1.807, 2.05) is 11.3 Å². The second-order valence-electron chi connectivity index (χ2n) is 4.05. The highest BCUT2D eigenvalue weighted by Crippen LogP contribution is 2.30. The molecule has 0 bridgehead atoms. The number of benzene rings is 1. The molecule has 0 atom stereocenters. The lowest BCUT2D eigenvalue weighted by molar-refractivity contribution is 1.43. The van der Waals surface area contributed by atoms with E-state index < -0.39 is 0 Å². The van der Waals surface area contributed by atoms with Crippen LogP contribution in [0.5, 0.6) is 0 Å². The summed E-state index contributed by atoms with van der Waals surface area (Å²) in [6.45, 7) is 8.65. The van der Waals surface area contributed by atoms with Crippen molar-refractivity contribution in [3.8, 4) is 0 Å². The first-order valence-corrected chi connectivity index (χ1v) is 6.13. The summed E-state index contributed by atoms with van der Waals surface area (Å²) in [5.74, 6) is 0. The topological polar surface area (TPSA) is 0 Å². The summed E-state index contributed by atoms with van der Waals surface area (Å²) in [7, 11) is 0. The minimum absolute atomic E-state index is 1.36. The maximum atomic E-state index is 2.33. The van der Waals surface area contributed by atoms with E-state index in [0.29, 0.717) is 0 Å². The fourth-order valence-corrected chi connectivity index (χ4v) is 2.91. The van der Waals surface area contributed by atoms with Crippen LogP contribution in [0.1, 0.15) is 30.5 Å². The lowest BCUT2D eigenvalue weighted by Crippen LogP contribution is -1.85. The standard InChI is InChI=1S/C14H16S/c1-5-9(2)12-7-13-11(4)8-15-14(13)6-10(12)3/h5-8H,1-4H3/b9-5-. The highest BCUT2D eigenvalue weighted by molar-refractivity contribution is 7.17. The minimum Gasteiger partial charge on any atom is -0.144 e. The van der Waals surface area contributed by atoms with Gasteiger partial charge in [-0.2, -0.15) is 0 Å². The molecule has 0 aliphatic rings. The van der Waals surface area contributed by atoms with Crippen molar-refractivity contribution in [3.05, 3.63) is 40.3 Å². The number of thiophene rings is 1. The molecule has 0 spiro atoms. The van der Waals surface area contributed by atoms with Crippen LogP contribution in [0.2, 0.25) is 0 Å². The van der Waals surface area contributed by atoms with Crippen molar-refractivity contribution >= 4 is 27.0 Å². The van der Waals surface area contributed by atoms with Gasteiger partial charge in [0.15, 0.2) is 0 Å². The lowest BCUT2D eigenvalue weighted by atomic mass is 9.99. The third kappa shape index (κ3) is 1.72. The maximum absolute atomic E-state index is 2.33. The molecule has 15 heavy (non-hydrogen) atoms. The molecule has 2 rings (SSSR count).